The Morgan fingerprint density at radius 2 is 0.680 bits per heavy atom. The summed E-state index contributed by atoms with van der Waals surface area (Å²) in [5.41, 5.74) is 10.3. The molecule has 0 aliphatic carbocycles. The molecule has 0 aliphatic rings. The molecule has 10 rings (SSSR count). The lowest BCUT2D eigenvalue weighted by molar-refractivity contribution is 1.44. The van der Waals surface area contributed by atoms with Crippen LogP contribution >= 0.6 is 0 Å². The topological polar surface area (TPSA) is 0 Å². The molecular formula is C50H34. The van der Waals surface area contributed by atoms with Crippen LogP contribution in [0.4, 0.5) is 0 Å². The second-order valence-electron chi connectivity index (χ2n) is 13.7. The Balaban J connectivity index is 1.27. The van der Waals surface area contributed by atoms with Crippen LogP contribution in [0.2, 0.25) is 0 Å². The molecule has 0 saturated heterocycles. The molecule has 0 nitrogen and oxygen atoms in total. The fourth-order valence-electron chi connectivity index (χ4n) is 8.62. The van der Waals surface area contributed by atoms with E-state index in [2.05, 4.69) is 184 Å². The Kier molecular flexibility index (Phi) is 6.41. The van der Waals surface area contributed by atoms with Crippen molar-refractivity contribution in [2.24, 2.45) is 0 Å². The molecule has 0 heterocycles. The molecule has 0 unspecified atom stereocenters. The smallest absolute Gasteiger partial charge is 0.00261 e. The molecule has 0 fully saturated rings. The lowest BCUT2D eigenvalue weighted by Gasteiger charge is -2.20. The third-order valence-electron chi connectivity index (χ3n) is 11.0. The van der Waals surface area contributed by atoms with Gasteiger partial charge in [-0.05, 0) is 135 Å². The SMILES string of the molecule is Cc1ccc(-c2c3ccccc3c(-c3ccc4ccc5ccccc5c4c3)c3ccccc23)cc1-c1c(C)c2ccccc2c2ccccc12. The number of hydrogen-bond donors (Lipinski definition) is 0. The zero-order valence-corrected chi connectivity index (χ0v) is 28.2. The van der Waals surface area contributed by atoms with Gasteiger partial charge in [0.1, 0.15) is 0 Å². The molecule has 0 heteroatoms. The summed E-state index contributed by atoms with van der Waals surface area (Å²) in [5.74, 6) is 0. The summed E-state index contributed by atoms with van der Waals surface area (Å²) < 4.78 is 0. The van der Waals surface area contributed by atoms with Crippen molar-refractivity contribution >= 4 is 64.6 Å². The summed E-state index contributed by atoms with van der Waals surface area (Å²) in [6.45, 7) is 4.55. The quantitative estimate of drug-likeness (QED) is 0.134. The van der Waals surface area contributed by atoms with Gasteiger partial charge in [-0.1, -0.05) is 158 Å². The summed E-state index contributed by atoms with van der Waals surface area (Å²) in [6, 6.07) is 63.0. The molecule has 0 N–H and O–H groups in total. The van der Waals surface area contributed by atoms with Gasteiger partial charge in [-0.2, -0.15) is 0 Å². The monoisotopic (exact) mass is 634 g/mol. The molecular weight excluding hydrogens is 601 g/mol. The lowest BCUT2D eigenvalue weighted by atomic mass is 9.83. The Morgan fingerprint density at radius 1 is 0.280 bits per heavy atom. The molecule has 0 saturated carbocycles. The maximum Gasteiger partial charge on any atom is -0.00261 e. The Hall–Kier alpha value is -6.24. The minimum absolute atomic E-state index is 1.24. The van der Waals surface area contributed by atoms with Gasteiger partial charge in [0, 0.05) is 0 Å². The molecule has 0 atom stereocenters. The highest BCUT2D eigenvalue weighted by Crippen LogP contribution is 2.46. The van der Waals surface area contributed by atoms with E-state index in [0.717, 1.165) is 0 Å². The van der Waals surface area contributed by atoms with Gasteiger partial charge in [0.25, 0.3) is 0 Å². The molecule has 0 aromatic heterocycles. The number of fused-ring (bicyclic) bond motifs is 8. The van der Waals surface area contributed by atoms with Crippen molar-refractivity contribution in [1.82, 2.24) is 0 Å². The summed E-state index contributed by atoms with van der Waals surface area (Å²) >= 11 is 0. The number of aryl methyl sites for hydroxylation is 2. The fraction of sp³-hybridized carbons (Fsp3) is 0.0400. The van der Waals surface area contributed by atoms with Crippen LogP contribution in [0.5, 0.6) is 0 Å². The van der Waals surface area contributed by atoms with Crippen LogP contribution in [0.3, 0.4) is 0 Å². The van der Waals surface area contributed by atoms with Crippen LogP contribution < -0.4 is 0 Å². The van der Waals surface area contributed by atoms with Crippen LogP contribution in [0.1, 0.15) is 11.1 Å². The largest absolute Gasteiger partial charge is 0.0616 e. The molecule has 234 valence electrons. The van der Waals surface area contributed by atoms with E-state index in [1.54, 1.807) is 0 Å². The van der Waals surface area contributed by atoms with Crippen LogP contribution in [-0.2, 0) is 0 Å². The van der Waals surface area contributed by atoms with Crippen LogP contribution in [-0.4, -0.2) is 0 Å². The Bertz CT molecular complexity index is 2940. The molecule has 0 aliphatic heterocycles. The van der Waals surface area contributed by atoms with E-state index in [9.17, 15) is 0 Å². The first-order valence-electron chi connectivity index (χ1n) is 17.5. The Morgan fingerprint density at radius 3 is 1.28 bits per heavy atom. The predicted octanol–water partition coefficient (Wildman–Crippen LogP) is 14.2. The third-order valence-corrected chi connectivity index (χ3v) is 11.0. The van der Waals surface area contributed by atoms with Crippen molar-refractivity contribution in [3.8, 4) is 33.4 Å². The third kappa shape index (κ3) is 4.25. The highest BCUT2D eigenvalue weighted by Gasteiger charge is 2.20. The van der Waals surface area contributed by atoms with Gasteiger partial charge < -0.3 is 0 Å². The van der Waals surface area contributed by atoms with Gasteiger partial charge in [0.15, 0.2) is 0 Å². The van der Waals surface area contributed by atoms with E-state index in [1.807, 2.05) is 0 Å². The van der Waals surface area contributed by atoms with Crippen molar-refractivity contribution in [3.05, 3.63) is 181 Å². The van der Waals surface area contributed by atoms with Gasteiger partial charge in [0.2, 0.25) is 0 Å². The number of hydrogen-bond acceptors (Lipinski definition) is 0. The van der Waals surface area contributed by atoms with E-state index in [-0.39, 0.29) is 0 Å². The molecule has 10 aromatic carbocycles. The van der Waals surface area contributed by atoms with Gasteiger partial charge in [-0.15, -0.1) is 0 Å². The van der Waals surface area contributed by atoms with Crippen LogP contribution in [0, 0.1) is 13.8 Å². The zero-order valence-electron chi connectivity index (χ0n) is 28.2. The second-order valence-corrected chi connectivity index (χ2v) is 13.7. The molecule has 0 radical (unpaired) electrons. The van der Waals surface area contributed by atoms with Gasteiger partial charge >= 0.3 is 0 Å². The molecule has 0 spiro atoms. The van der Waals surface area contributed by atoms with Gasteiger partial charge in [-0.3, -0.25) is 0 Å². The predicted molar refractivity (Wildman–Crippen MR) is 217 cm³/mol. The minimum atomic E-state index is 1.24. The van der Waals surface area contributed by atoms with Crippen molar-refractivity contribution in [3.63, 3.8) is 0 Å². The summed E-state index contributed by atoms with van der Waals surface area (Å²) in [4.78, 5) is 0. The maximum atomic E-state index is 2.45. The first-order chi connectivity index (χ1) is 24.7. The van der Waals surface area contributed by atoms with Crippen LogP contribution in [0.15, 0.2) is 170 Å². The van der Waals surface area contributed by atoms with E-state index in [1.165, 1.54) is 109 Å². The molecule has 0 amide bonds. The second kappa shape index (κ2) is 11.2. The van der Waals surface area contributed by atoms with Crippen LogP contribution in [0.25, 0.3) is 98.0 Å². The minimum Gasteiger partial charge on any atom is -0.0616 e. The van der Waals surface area contributed by atoms with Crippen molar-refractivity contribution in [2.75, 3.05) is 0 Å². The first kappa shape index (κ1) is 28.7. The van der Waals surface area contributed by atoms with E-state index in [4.69, 9.17) is 0 Å². The summed E-state index contributed by atoms with van der Waals surface area (Å²) in [5, 5.41) is 15.4. The van der Waals surface area contributed by atoms with Gasteiger partial charge in [-0.25, -0.2) is 0 Å². The highest BCUT2D eigenvalue weighted by molar-refractivity contribution is 6.23. The summed E-state index contributed by atoms with van der Waals surface area (Å²) in [6.07, 6.45) is 0. The number of rotatable bonds is 3. The first-order valence-corrected chi connectivity index (χ1v) is 17.5. The van der Waals surface area contributed by atoms with Crippen molar-refractivity contribution < 1.29 is 0 Å². The Labute approximate surface area is 291 Å². The summed E-state index contributed by atoms with van der Waals surface area (Å²) in [7, 11) is 0. The average molecular weight is 635 g/mol. The molecule has 50 heavy (non-hydrogen) atoms. The zero-order chi connectivity index (χ0) is 33.3. The van der Waals surface area contributed by atoms with E-state index < -0.39 is 0 Å². The normalized spacial score (nSPS) is 11.8. The van der Waals surface area contributed by atoms with Gasteiger partial charge in [0.05, 0.1) is 0 Å². The maximum absolute atomic E-state index is 2.45. The highest BCUT2D eigenvalue weighted by atomic mass is 14.2. The fourth-order valence-corrected chi connectivity index (χ4v) is 8.62. The van der Waals surface area contributed by atoms with E-state index in [0.29, 0.717) is 0 Å². The average Bonchev–Trinajstić information content (AvgIpc) is 3.17. The standard InChI is InChI=1S/C50H34/c1-31-23-24-35(29-46(31)48-32(2)37-14-5-6-16-39(37)40-17-7-8-18-41(40)48)49-42-19-9-11-21-44(42)50(45-22-12-10-20-43(45)49)36-28-27-34-26-25-33-13-3-4-15-38(33)47(34)30-36/h3-30H,1-2H3. The van der Waals surface area contributed by atoms with Crippen molar-refractivity contribution in [1.29, 1.82) is 0 Å². The lowest BCUT2D eigenvalue weighted by Crippen LogP contribution is -1.94. The van der Waals surface area contributed by atoms with Crippen molar-refractivity contribution in [2.45, 2.75) is 13.8 Å². The number of benzene rings is 10. The molecule has 10 aromatic rings. The van der Waals surface area contributed by atoms with E-state index >= 15 is 0 Å². The molecule has 0 bridgehead atoms.